The van der Waals surface area contributed by atoms with Crippen molar-refractivity contribution < 1.29 is 18.7 Å². The fourth-order valence-electron chi connectivity index (χ4n) is 2.23. The van der Waals surface area contributed by atoms with Crippen molar-refractivity contribution >= 4 is 38.7 Å². The Morgan fingerprint density at radius 1 is 1.38 bits per heavy atom. The summed E-state index contributed by atoms with van der Waals surface area (Å²) in [7, 11) is 1.32. The van der Waals surface area contributed by atoms with Crippen molar-refractivity contribution in [2.24, 2.45) is 0 Å². The Morgan fingerprint density at radius 2 is 2.21 bits per heavy atom. The highest BCUT2D eigenvalue weighted by Gasteiger charge is 2.17. The Labute approximate surface area is 141 Å². The van der Waals surface area contributed by atoms with Gasteiger partial charge in [-0.05, 0) is 25.1 Å². The van der Waals surface area contributed by atoms with Crippen molar-refractivity contribution in [3.63, 3.8) is 0 Å². The summed E-state index contributed by atoms with van der Waals surface area (Å²) >= 11 is 1.20. The largest absolute Gasteiger partial charge is 0.469 e. The van der Waals surface area contributed by atoms with E-state index in [2.05, 4.69) is 15.3 Å². The van der Waals surface area contributed by atoms with Gasteiger partial charge in [0.2, 0.25) is 5.91 Å². The van der Waals surface area contributed by atoms with Crippen molar-refractivity contribution in [2.75, 3.05) is 12.4 Å². The van der Waals surface area contributed by atoms with Gasteiger partial charge in [0, 0.05) is 18.5 Å². The van der Waals surface area contributed by atoms with E-state index in [1.165, 1.54) is 18.4 Å². The van der Waals surface area contributed by atoms with Crippen LogP contribution in [0.2, 0.25) is 0 Å². The summed E-state index contributed by atoms with van der Waals surface area (Å²) < 4.78 is 10.6. The number of thiazole rings is 1. The topological polar surface area (TPSA) is 94.3 Å². The normalized spacial score (nSPS) is 10.8. The number of hydrogen-bond acceptors (Lipinski definition) is 7. The number of nitrogens with zero attached hydrogens (tertiary/aromatic N) is 2. The van der Waals surface area contributed by atoms with Gasteiger partial charge in [0.1, 0.15) is 5.76 Å². The molecule has 3 aromatic rings. The van der Waals surface area contributed by atoms with E-state index in [1.54, 1.807) is 25.3 Å². The van der Waals surface area contributed by atoms with E-state index < -0.39 is 5.97 Å². The van der Waals surface area contributed by atoms with E-state index in [0.717, 1.165) is 5.76 Å². The minimum Gasteiger partial charge on any atom is -0.469 e. The highest BCUT2D eigenvalue weighted by atomic mass is 32.1. The summed E-state index contributed by atoms with van der Waals surface area (Å²) in [6.07, 6.45) is 2.36. The first-order chi connectivity index (χ1) is 11.6. The predicted molar refractivity (Wildman–Crippen MR) is 89.2 cm³/mol. The molecule has 0 saturated heterocycles. The molecule has 1 N–H and O–H groups in total. The molecule has 0 bridgehead atoms. The number of pyridine rings is 1. The number of furan rings is 1. The van der Waals surface area contributed by atoms with Crippen molar-refractivity contribution in [1.29, 1.82) is 0 Å². The molecule has 1 amide bonds. The number of esters is 1. The average molecular weight is 345 g/mol. The maximum absolute atomic E-state index is 12.0. The van der Waals surface area contributed by atoms with Crippen LogP contribution in [0.15, 0.2) is 28.9 Å². The zero-order valence-electron chi connectivity index (χ0n) is 13.2. The molecule has 0 saturated carbocycles. The van der Waals surface area contributed by atoms with Crippen LogP contribution in [0, 0.1) is 6.92 Å². The smallest absolute Gasteiger partial charge is 0.339 e. The van der Waals surface area contributed by atoms with Gasteiger partial charge in [0.25, 0.3) is 0 Å². The molecule has 0 aliphatic rings. The van der Waals surface area contributed by atoms with Gasteiger partial charge in [-0.3, -0.25) is 4.79 Å². The Morgan fingerprint density at radius 3 is 2.92 bits per heavy atom. The fraction of sp³-hybridized carbons (Fsp3) is 0.250. The molecule has 24 heavy (non-hydrogen) atoms. The number of methoxy groups -OCH3 is 1. The number of amides is 1. The summed E-state index contributed by atoms with van der Waals surface area (Å²) in [6, 6.07) is 5.25. The van der Waals surface area contributed by atoms with Gasteiger partial charge in [-0.25, -0.2) is 9.78 Å². The fourth-order valence-corrected chi connectivity index (χ4v) is 3.15. The molecule has 8 heteroatoms. The lowest BCUT2D eigenvalue weighted by molar-refractivity contribution is -0.116. The standard InChI is InChI=1S/C16H15N3O4S/c1-9-8-11(15(21)22-2)13-14(17-9)19-16(24-13)18-12(20)6-5-10-4-3-7-23-10/h3-4,7-8H,5-6H2,1-2H3,(H,17,18,19,20). The van der Waals surface area contributed by atoms with Crippen LogP contribution in [0.25, 0.3) is 10.3 Å². The molecule has 0 atom stereocenters. The predicted octanol–water partition coefficient (Wildman–Crippen LogP) is 2.95. The van der Waals surface area contributed by atoms with Crippen LogP contribution in [0.3, 0.4) is 0 Å². The third kappa shape index (κ3) is 3.43. The number of aromatic nitrogens is 2. The number of nitrogens with one attached hydrogen (secondary N) is 1. The van der Waals surface area contributed by atoms with Gasteiger partial charge in [-0.1, -0.05) is 11.3 Å². The number of carbonyl (C=O) groups excluding carboxylic acids is 2. The van der Waals surface area contributed by atoms with Crippen LogP contribution in [0.4, 0.5) is 5.13 Å². The molecular weight excluding hydrogens is 330 g/mol. The first-order valence-electron chi connectivity index (χ1n) is 7.25. The minimum absolute atomic E-state index is 0.179. The van der Waals surface area contributed by atoms with Crippen LogP contribution < -0.4 is 5.32 Å². The Bertz CT molecular complexity index is 886. The first kappa shape index (κ1) is 16.1. The average Bonchev–Trinajstić information content (AvgIpc) is 3.20. The molecular formula is C16H15N3O4S. The first-order valence-corrected chi connectivity index (χ1v) is 8.07. The Balaban J connectivity index is 1.77. The minimum atomic E-state index is -0.454. The lowest BCUT2D eigenvalue weighted by atomic mass is 10.2. The van der Waals surface area contributed by atoms with Crippen molar-refractivity contribution in [3.05, 3.63) is 41.5 Å². The second-order valence-electron chi connectivity index (χ2n) is 5.10. The molecule has 0 aliphatic heterocycles. The number of carbonyl (C=O) groups is 2. The van der Waals surface area contributed by atoms with Gasteiger partial charge in [0.05, 0.1) is 23.6 Å². The van der Waals surface area contributed by atoms with Gasteiger partial charge in [-0.15, -0.1) is 0 Å². The summed E-state index contributed by atoms with van der Waals surface area (Å²) in [5, 5.41) is 3.13. The van der Waals surface area contributed by atoms with Crippen molar-refractivity contribution in [2.45, 2.75) is 19.8 Å². The van der Waals surface area contributed by atoms with E-state index in [-0.39, 0.29) is 12.3 Å². The van der Waals surface area contributed by atoms with E-state index in [1.807, 2.05) is 6.07 Å². The molecule has 0 radical (unpaired) electrons. The summed E-state index contributed by atoms with van der Waals surface area (Å²) in [6.45, 7) is 1.77. The molecule has 3 heterocycles. The van der Waals surface area contributed by atoms with E-state index in [0.29, 0.717) is 33.2 Å². The van der Waals surface area contributed by atoms with Gasteiger partial charge >= 0.3 is 5.97 Å². The maximum atomic E-state index is 12.0. The molecule has 0 unspecified atom stereocenters. The Kier molecular flexibility index (Phi) is 4.57. The van der Waals surface area contributed by atoms with Crippen LogP contribution in [0.5, 0.6) is 0 Å². The van der Waals surface area contributed by atoms with Crippen LogP contribution >= 0.6 is 11.3 Å². The number of anilines is 1. The quantitative estimate of drug-likeness (QED) is 0.715. The number of fused-ring (bicyclic) bond motifs is 1. The zero-order valence-corrected chi connectivity index (χ0v) is 14.0. The highest BCUT2D eigenvalue weighted by molar-refractivity contribution is 7.22. The van der Waals surface area contributed by atoms with E-state index in [9.17, 15) is 9.59 Å². The Hall–Kier alpha value is -2.74. The second kappa shape index (κ2) is 6.79. The monoisotopic (exact) mass is 345 g/mol. The molecule has 3 aromatic heterocycles. The SMILES string of the molecule is COC(=O)c1cc(C)nc2nc(NC(=O)CCc3ccco3)sc12. The van der Waals surface area contributed by atoms with Gasteiger partial charge < -0.3 is 14.5 Å². The van der Waals surface area contributed by atoms with Crippen molar-refractivity contribution in [3.8, 4) is 0 Å². The van der Waals surface area contributed by atoms with Crippen molar-refractivity contribution in [1.82, 2.24) is 9.97 Å². The zero-order chi connectivity index (χ0) is 17.1. The number of rotatable bonds is 5. The molecule has 0 fully saturated rings. The van der Waals surface area contributed by atoms with E-state index >= 15 is 0 Å². The van der Waals surface area contributed by atoms with E-state index in [4.69, 9.17) is 9.15 Å². The maximum Gasteiger partial charge on any atom is 0.339 e. The third-order valence-corrected chi connectivity index (χ3v) is 4.31. The van der Waals surface area contributed by atoms with Gasteiger partial charge in [0.15, 0.2) is 10.8 Å². The number of aryl methyl sites for hydroxylation is 2. The molecule has 0 aliphatic carbocycles. The molecule has 124 valence electrons. The molecule has 7 nitrogen and oxygen atoms in total. The molecule has 0 spiro atoms. The molecule has 3 rings (SSSR count). The summed E-state index contributed by atoms with van der Waals surface area (Å²) in [4.78, 5) is 32.5. The summed E-state index contributed by atoms with van der Waals surface area (Å²) in [5.74, 6) is 0.117. The lowest BCUT2D eigenvalue weighted by Gasteiger charge is -2.00. The third-order valence-electron chi connectivity index (χ3n) is 3.32. The van der Waals surface area contributed by atoms with Crippen LogP contribution in [0.1, 0.15) is 28.2 Å². The van der Waals surface area contributed by atoms with Crippen LogP contribution in [-0.2, 0) is 16.0 Å². The highest BCUT2D eigenvalue weighted by Crippen LogP contribution is 2.29. The number of hydrogen-bond donors (Lipinski definition) is 1. The second-order valence-corrected chi connectivity index (χ2v) is 6.10. The van der Waals surface area contributed by atoms with Crippen LogP contribution in [-0.4, -0.2) is 29.0 Å². The molecule has 0 aromatic carbocycles. The van der Waals surface area contributed by atoms with Gasteiger partial charge in [-0.2, -0.15) is 4.98 Å². The summed E-state index contributed by atoms with van der Waals surface area (Å²) in [5.41, 5.74) is 1.47. The number of ether oxygens (including phenoxy) is 1. The lowest BCUT2D eigenvalue weighted by Crippen LogP contribution is -2.11.